The summed E-state index contributed by atoms with van der Waals surface area (Å²) in [6.07, 6.45) is 2.10. The number of aromatic nitrogens is 2. The third-order valence-corrected chi connectivity index (χ3v) is 7.84. The van der Waals surface area contributed by atoms with Gasteiger partial charge in [0, 0.05) is 12.1 Å². The molecule has 0 amide bonds. The molecule has 5 aromatic rings. The van der Waals surface area contributed by atoms with Gasteiger partial charge in [-0.3, -0.25) is 14.2 Å². The quantitative estimate of drug-likeness (QED) is 0.294. The summed E-state index contributed by atoms with van der Waals surface area (Å²) < 4.78 is 1.70. The lowest BCUT2D eigenvalue weighted by molar-refractivity contribution is 0.0974. The minimum atomic E-state index is -0.114. The Morgan fingerprint density at radius 2 is 1.56 bits per heavy atom. The van der Waals surface area contributed by atoms with Crippen molar-refractivity contribution in [3.63, 3.8) is 0 Å². The Balaban J connectivity index is 1.62. The first-order valence-electron chi connectivity index (χ1n) is 12.1. The van der Waals surface area contributed by atoms with Gasteiger partial charge < -0.3 is 5.32 Å². The molecule has 2 aromatic heterocycles. The first-order valence-corrected chi connectivity index (χ1v) is 12.9. The highest BCUT2D eigenvalue weighted by molar-refractivity contribution is 7.20. The summed E-state index contributed by atoms with van der Waals surface area (Å²) in [5.41, 5.74) is 6.23. The van der Waals surface area contributed by atoms with Crippen LogP contribution in [0.4, 0.5) is 10.7 Å². The van der Waals surface area contributed by atoms with E-state index in [-0.39, 0.29) is 11.3 Å². The number of carbonyl (C=O) groups excluding carboxylic acids is 1. The van der Waals surface area contributed by atoms with Crippen molar-refractivity contribution in [3.8, 4) is 16.4 Å². The normalized spacial score (nSPS) is 13.1. The highest BCUT2D eigenvalue weighted by Crippen LogP contribution is 2.44. The molecule has 2 heterocycles. The average Bonchev–Trinajstić information content (AvgIpc) is 3.25. The predicted molar refractivity (Wildman–Crippen MR) is 147 cm³/mol. The number of benzene rings is 3. The van der Waals surface area contributed by atoms with Gasteiger partial charge >= 0.3 is 0 Å². The first kappa shape index (κ1) is 22.4. The molecule has 0 saturated heterocycles. The standard InChI is InChI=1S/C30H25N3O2S/c1-18-10-14-20(15-11-18)31-29-26-23(7-5-9-25(26)34)27(36-29)28-32-24-8-4-3-6-22(24)30(35)33(28)21-16-12-19(2)13-17-21/h3-4,6,8,10-17,31H,5,7,9H2,1-2H3. The molecule has 5 nitrogen and oxygen atoms in total. The molecule has 0 bridgehead atoms. The van der Waals surface area contributed by atoms with E-state index in [0.29, 0.717) is 23.1 Å². The fraction of sp³-hybridized carbons (Fsp3) is 0.167. The molecular formula is C30H25N3O2S. The van der Waals surface area contributed by atoms with E-state index < -0.39 is 0 Å². The van der Waals surface area contributed by atoms with Gasteiger partial charge in [-0.15, -0.1) is 11.3 Å². The Bertz CT molecular complexity index is 1680. The van der Waals surface area contributed by atoms with Crippen LogP contribution < -0.4 is 10.9 Å². The Hall–Kier alpha value is -4.03. The highest BCUT2D eigenvalue weighted by Gasteiger charge is 2.30. The number of anilines is 2. The van der Waals surface area contributed by atoms with Crippen LogP contribution in [-0.2, 0) is 6.42 Å². The molecule has 0 aliphatic heterocycles. The third kappa shape index (κ3) is 3.84. The maximum Gasteiger partial charge on any atom is 0.266 e. The van der Waals surface area contributed by atoms with E-state index >= 15 is 0 Å². The molecule has 1 N–H and O–H groups in total. The Morgan fingerprint density at radius 1 is 0.861 bits per heavy atom. The summed E-state index contributed by atoms with van der Waals surface area (Å²) in [5.74, 6) is 0.717. The molecule has 0 fully saturated rings. The van der Waals surface area contributed by atoms with Crippen LogP contribution in [0.3, 0.4) is 0 Å². The summed E-state index contributed by atoms with van der Waals surface area (Å²) >= 11 is 1.51. The molecule has 1 aliphatic carbocycles. The van der Waals surface area contributed by atoms with Gasteiger partial charge in [0.2, 0.25) is 0 Å². The van der Waals surface area contributed by atoms with E-state index in [2.05, 4.69) is 5.32 Å². The van der Waals surface area contributed by atoms with E-state index in [1.807, 2.05) is 86.6 Å². The van der Waals surface area contributed by atoms with Crippen LogP contribution in [0.25, 0.3) is 27.3 Å². The van der Waals surface area contributed by atoms with Gasteiger partial charge in [-0.25, -0.2) is 4.98 Å². The van der Waals surface area contributed by atoms with Crippen LogP contribution in [-0.4, -0.2) is 15.3 Å². The SMILES string of the molecule is Cc1ccc(Nc2sc(-c3nc4ccccc4c(=O)n3-c3ccc(C)cc3)c3c2C(=O)CCC3)cc1. The van der Waals surface area contributed by atoms with Gasteiger partial charge in [0.1, 0.15) is 5.00 Å². The van der Waals surface area contributed by atoms with E-state index in [1.165, 1.54) is 16.9 Å². The molecule has 0 spiro atoms. The lowest BCUT2D eigenvalue weighted by Crippen LogP contribution is -2.22. The summed E-state index contributed by atoms with van der Waals surface area (Å²) in [6, 6.07) is 23.5. The van der Waals surface area contributed by atoms with Crippen LogP contribution in [0.1, 0.15) is 39.9 Å². The van der Waals surface area contributed by atoms with Gasteiger partial charge in [-0.2, -0.15) is 0 Å². The number of rotatable bonds is 4. The number of aryl methyl sites for hydroxylation is 2. The lowest BCUT2D eigenvalue weighted by atomic mass is 9.91. The van der Waals surface area contributed by atoms with Gasteiger partial charge in [0.15, 0.2) is 11.6 Å². The molecule has 0 radical (unpaired) electrons. The van der Waals surface area contributed by atoms with Crippen LogP contribution in [0.5, 0.6) is 0 Å². The van der Waals surface area contributed by atoms with E-state index in [9.17, 15) is 9.59 Å². The van der Waals surface area contributed by atoms with Gasteiger partial charge in [-0.05, 0) is 68.7 Å². The first-order chi connectivity index (χ1) is 17.5. The smallest absolute Gasteiger partial charge is 0.266 e. The largest absolute Gasteiger partial charge is 0.347 e. The van der Waals surface area contributed by atoms with Crippen molar-refractivity contribution in [1.29, 1.82) is 0 Å². The molecule has 0 atom stereocenters. The third-order valence-electron chi connectivity index (χ3n) is 6.70. The number of hydrogen-bond acceptors (Lipinski definition) is 5. The number of hydrogen-bond donors (Lipinski definition) is 1. The number of Topliss-reactive ketones (excluding diaryl/α,β-unsaturated/α-hetero) is 1. The second-order valence-corrected chi connectivity index (χ2v) is 10.3. The van der Waals surface area contributed by atoms with E-state index in [0.717, 1.165) is 50.8 Å². The number of fused-ring (bicyclic) bond motifs is 2. The van der Waals surface area contributed by atoms with Crippen molar-refractivity contribution in [2.75, 3.05) is 5.32 Å². The van der Waals surface area contributed by atoms with E-state index in [4.69, 9.17) is 4.98 Å². The Morgan fingerprint density at radius 3 is 2.31 bits per heavy atom. The molecule has 1 aliphatic rings. The zero-order valence-electron chi connectivity index (χ0n) is 20.2. The molecule has 6 heteroatoms. The summed E-state index contributed by atoms with van der Waals surface area (Å²) in [6.45, 7) is 4.07. The summed E-state index contributed by atoms with van der Waals surface area (Å²) in [5, 5.41) is 4.86. The zero-order chi connectivity index (χ0) is 24.8. The van der Waals surface area contributed by atoms with Crippen molar-refractivity contribution in [2.45, 2.75) is 33.1 Å². The number of nitrogens with one attached hydrogen (secondary N) is 1. The Kier molecular flexibility index (Phi) is 5.53. The second-order valence-electron chi connectivity index (χ2n) is 9.31. The molecule has 0 unspecified atom stereocenters. The lowest BCUT2D eigenvalue weighted by Gasteiger charge is -2.16. The zero-order valence-corrected chi connectivity index (χ0v) is 21.0. The maximum absolute atomic E-state index is 13.8. The number of nitrogens with zero attached hydrogens (tertiary/aromatic N) is 2. The van der Waals surface area contributed by atoms with Gasteiger partial charge in [-0.1, -0.05) is 47.5 Å². The van der Waals surface area contributed by atoms with Crippen molar-refractivity contribution in [2.24, 2.45) is 0 Å². The predicted octanol–water partition coefficient (Wildman–Crippen LogP) is 6.99. The Labute approximate surface area is 213 Å². The number of carbonyl (C=O) groups is 1. The number of thiophene rings is 1. The van der Waals surface area contributed by atoms with Crippen LogP contribution in [0, 0.1) is 13.8 Å². The van der Waals surface area contributed by atoms with Crippen molar-refractivity contribution < 1.29 is 4.79 Å². The van der Waals surface area contributed by atoms with Crippen molar-refractivity contribution in [3.05, 3.63) is 105 Å². The maximum atomic E-state index is 13.8. The summed E-state index contributed by atoms with van der Waals surface area (Å²) in [7, 11) is 0. The fourth-order valence-electron chi connectivity index (χ4n) is 4.80. The van der Waals surface area contributed by atoms with Crippen LogP contribution in [0.2, 0.25) is 0 Å². The van der Waals surface area contributed by atoms with Crippen molar-refractivity contribution in [1.82, 2.24) is 9.55 Å². The van der Waals surface area contributed by atoms with Gasteiger partial charge in [0.05, 0.1) is 27.0 Å². The second kappa shape index (κ2) is 8.88. The molecule has 36 heavy (non-hydrogen) atoms. The van der Waals surface area contributed by atoms with Crippen molar-refractivity contribution >= 4 is 38.7 Å². The number of ketones is 1. The molecule has 6 rings (SSSR count). The molecule has 178 valence electrons. The summed E-state index contributed by atoms with van der Waals surface area (Å²) in [4.78, 5) is 32.8. The minimum Gasteiger partial charge on any atom is -0.347 e. The van der Waals surface area contributed by atoms with E-state index in [1.54, 1.807) is 4.57 Å². The topological polar surface area (TPSA) is 64.0 Å². The van der Waals surface area contributed by atoms with Crippen LogP contribution >= 0.6 is 11.3 Å². The fourth-order valence-corrected chi connectivity index (χ4v) is 6.07. The molecular weight excluding hydrogens is 466 g/mol. The van der Waals surface area contributed by atoms with Crippen LogP contribution in [0.15, 0.2) is 77.6 Å². The molecule has 0 saturated carbocycles. The molecule has 3 aromatic carbocycles. The minimum absolute atomic E-state index is 0.114. The average molecular weight is 492 g/mol. The van der Waals surface area contributed by atoms with Gasteiger partial charge in [0.25, 0.3) is 5.56 Å². The monoisotopic (exact) mass is 491 g/mol. The highest BCUT2D eigenvalue weighted by atomic mass is 32.1. The number of para-hydroxylation sites is 1.